The maximum Gasteiger partial charge on any atom is 0.407 e. The second-order valence-corrected chi connectivity index (χ2v) is 7.60. The molecule has 1 heterocycles. The monoisotopic (exact) mass is 326 g/mol. The molecule has 1 saturated carbocycles. The van der Waals surface area contributed by atoms with Gasteiger partial charge in [0.1, 0.15) is 5.60 Å². The number of likely N-dealkylation sites (tertiary alicyclic amines) is 1. The minimum Gasteiger partial charge on any atom is -0.469 e. The van der Waals surface area contributed by atoms with E-state index in [9.17, 15) is 9.59 Å². The maximum atomic E-state index is 12.2. The molecule has 2 fully saturated rings. The Morgan fingerprint density at radius 2 is 1.78 bits per heavy atom. The lowest BCUT2D eigenvalue weighted by molar-refractivity contribution is -0.148. The first-order chi connectivity index (χ1) is 10.8. The molecule has 0 aromatic heterocycles. The van der Waals surface area contributed by atoms with Crippen molar-refractivity contribution in [1.82, 2.24) is 10.2 Å². The van der Waals surface area contributed by atoms with Crippen molar-refractivity contribution >= 4 is 12.1 Å². The van der Waals surface area contributed by atoms with Gasteiger partial charge in [0.15, 0.2) is 0 Å². The van der Waals surface area contributed by atoms with Crippen molar-refractivity contribution in [3.05, 3.63) is 0 Å². The Morgan fingerprint density at radius 3 is 2.35 bits per heavy atom. The molecule has 0 unspecified atom stereocenters. The molecule has 132 valence electrons. The topological polar surface area (TPSA) is 67.9 Å². The van der Waals surface area contributed by atoms with E-state index < -0.39 is 11.7 Å². The first kappa shape index (κ1) is 18.0. The summed E-state index contributed by atoms with van der Waals surface area (Å²) in [6.45, 7) is 7.03. The zero-order valence-electron chi connectivity index (χ0n) is 14.8. The van der Waals surface area contributed by atoms with Crippen molar-refractivity contribution < 1.29 is 19.1 Å². The maximum absolute atomic E-state index is 12.2. The molecule has 23 heavy (non-hydrogen) atoms. The molecule has 6 nitrogen and oxygen atoms in total. The van der Waals surface area contributed by atoms with Crippen molar-refractivity contribution in [3.8, 4) is 0 Å². The molecule has 1 N–H and O–H groups in total. The molecule has 1 aliphatic carbocycles. The average Bonchev–Trinajstić information content (AvgIpc) is 2.99. The number of piperidine rings is 1. The average molecular weight is 326 g/mol. The summed E-state index contributed by atoms with van der Waals surface area (Å²) in [5.41, 5.74) is -0.546. The lowest BCUT2D eigenvalue weighted by atomic mass is 9.91. The quantitative estimate of drug-likeness (QED) is 0.806. The van der Waals surface area contributed by atoms with Gasteiger partial charge in [0.05, 0.1) is 13.0 Å². The van der Waals surface area contributed by atoms with Gasteiger partial charge in [0.2, 0.25) is 0 Å². The molecule has 0 spiro atoms. The van der Waals surface area contributed by atoms with E-state index in [0.717, 1.165) is 13.0 Å². The number of hydrogen-bond donors (Lipinski definition) is 1. The molecule has 2 rings (SSSR count). The minimum absolute atomic E-state index is 0.227. The van der Waals surface area contributed by atoms with E-state index in [-0.39, 0.29) is 17.9 Å². The highest BCUT2D eigenvalue weighted by Gasteiger charge is 2.39. The third-order valence-electron chi connectivity index (χ3n) is 4.69. The predicted octanol–water partition coefficient (Wildman–Crippen LogP) is 2.32. The van der Waals surface area contributed by atoms with Crippen LogP contribution in [0.25, 0.3) is 0 Å². The van der Waals surface area contributed by atoms with Crippen molar-refractivity contribution in [2.45, 2.75) is 70.6 Å². The van der Waals surface area contributed by atoms with Crippen molar-refractivity contribution in [2.24, 2.45) is 5.92 Å². The molecule has 1 saturated heterocycles. The van der Waals surface area contributed by atoms with Gasteiger partial charge in [-0.3, -0.25) is 9.69 Å². The Hall–Kier alpha value is -1.30. The normalized spacial score (nSPS) is 26.8. The molecular formula is C17H30N2O4. The van der Waals surface area contributed by atoms with Crippen LogP contribution in [0.1, 0.15) is 52.9 Å². The van der Waals surface area contributed by atoms with E-state index in [1.165, 1.54) is 32.8 Å². The summed E-state index contributed by atoms with van der Waals surface area (Å²) in [6.07, 6.45) is 5.23. The van der Waals surface area contributed by atoms with Crippen LogP contribution in [0.2, 0.25) is 0 Å². The smallest absolute Gasteiger partial charge is 0.407 e. The van der Waals surface area contributed by atoms with Gasteiger partial charge >= 0.3 is 12.1 Å². The number of carbonyl (C=O) groups excluding carboxylic acids is 2. The summed E-state index contributed by atoms with van der Waals surface area (Å²) in [6, 6.07) is 0.347. The van der Waals surface area contributed by atoms with Crippen molar-refractivity contribution in [1.29, 1.82) is 0 Å². The van der Waals surface area contributed by atoms with Crippen LogP contribution in [0.4, 0.5) is 4.79 Å². The van der Waals surface area contributed by atoms with Crippen molar-refractivity contribution in [3.63, 3.8) is 0 Å². The summed E-state index contributed by atoms with van der Waals surface area (Å²) in [7, 11) is 1.40. The molecule has 6 heteroatoms. The Labute approximate surface area is 138 Å². The van der Waals surface area contributed by atoms with E-state index in [0.29, 0.717) is 12.6 Å². The fourth-order valence-corrected chi connectivity index (χ4v) is 3.60. The number of alkyl carbamates (subject to hydrolysis) is 1. The third kappa shape index (κ3) is 5.09. The van der Waals surface area contributed by atoms with Crippen LogP contribution in [-0.4, -0.2) is 54.8 Å². The molecule has 1 amide bonds. The zero-order valence-corrected chi connectivity index (χ0v) is 14.8. The van der Waals surface area contributed by atoms with Gasteiger partial charge in [-0.1, -0.05) is 12.8 Å². The fraction of sp³-hybridized carbons (Fsp3) is 0.882. The number of rotatable bonds is 3. The highest BCUT2D eigenvalue weighted by Crippen LogP contribution is 2.28. The molecule has 2 aliphatic rings. The highest BCUT2D eigenvalue weighted by atomic mass is 16.6. The van der Waals surface area contributed by atoms with Gasteiger partial charge < -0.3 is 14.8 Å². The summed E-state index contributed by atoms with van der Waals surface area (Å²) in [4.78, 5) is 26.6. The number of ether oxygens (including phenoxy) is 2. The van der Waals surface area contributed by atoms with Crippen LogP contribution in [0.3, 0.4) is 0 Å². The van der Waals surface area contributed by atoms with Crippen molar-refractivity contribution in [2.75, 3.05) is 20.2 Å². The van der Waals surface area contributed by atoms with Crippen LogP contribution >= 0.6 is 0 Å². The molecule has 0 aromatic carbocycles. The van der Waals surface area contributed by atoms with E-state index >= 15 is 0 Å². The molecule has 1 aliphatic heterocycles. The Balaban J connectivity index is 1.98. The SMILES string of the molecule is COC(=O)[C@@H]1CN(C2CCCC2)CC[C@H]1NC(=O)OC(C)(C)C. The van der Waals surface area contributed by atoms with Gasteiger partial charge in [-0.25, -0.2) is 4.79 Å². The van der Waals surface area contributed by atoms with Gasteiger partial charge in [0, 0.05) is 25.2 Å². The van der Waals surface area contributed by atoms with Gasteiger partial charge in [-0.2, -0.15) is 0 Å². The molecular weight excluding hydrogens is 296 g/mol. The van der Waals surface area contributed by atoms with Crippen LogP contribution in [0.15, 0.2) is 0 Å². The molecule has 2 atom stereocenters. The minimum atomic E-state index is -0.546. The lowest BCUT2D eigenvalue weighted by Gasteiger charge is -2.40. The summed E-state index contributed by atoms with van der Waals surface area (Å²) in [5, 5.41) is 2.86. The van der Waals surface area contributed by atoms with Crippen LogP contribution < -0.4 is 5.32 Å². The fourth-order valence-electron chi connectivity index (χ4n) is 3.60. The number of nitrogens with zero attached hydrogens (tertiary/aromatic N) is 1. The first-order valence-corrected chi connectivity index (χ1v) is 8.61. The number of amides is 1. The highest BCUT2D eigenvalue weighted by molar-refractivity contribution is 5.75. The van der Waals surface area contributed by atoms with Crippen LogP contribution in [0.5, 0.6) is 0 Å². The largest absolute Gasteiger partial charge is 0.469 e. The third-order valence-corrected chi connectivity index (χ3v) is 4.69. The molecule has 0 aromatic rings. The van der Waals surface area contributed by atoms with E-state index in [4.69, 9.17) is 9.47 Å². The van der Waals surface area contributed by atoms with Gasteiger partial charge in [0.25, 0.3) is 0 Å². The number of methoxy groups -OCH3 is 1. The summed E-state index contributed by atoms with van der Waals surface area (Å²) < 4.78 is 10.3. The van der Waals surface area contributed by atoms with E-state index in [1.54, 1.807) is 0 Å². The molecule has 0 bridgehead atoms. The van der Waals surface area contributed by atoms with Gasteiger partial charge in [-0.15, -0.1) is 0 Å². The molecule has 0 radical (unpaired) electrons. The second kappa shape index (κ2) is 7.51. The Morgan fingerprint density at radius 1 is 1.13 bits per heavy atom. The lowest BCUT2D eigenvalue weighted by Crippen LogP contribution is -2.56. The number of hydrogen-bond acceptors (Lipinski definition) is 5. The summed E-state index contributed by atoms with van der Waals surface area (Å²) >= 11 is 0. The Bertz CT molecular complexity index is 427. The Kier molecular flexibility index (Phi) is 5.89. The number of carbonyl (C=O) groups is 2. The second-order valence-electron chi connectivity index (χ2n) is 7.60. The standard InChI is InChI=1S/C17H30N2O4/c1-17(2,3)23-16(21)18-14-9-10-19(12-7-5-6-8-12)11-13(14)15(20)22-4/h12-14H,5-11H2,1-4H3,(H,18,21)/t13-,14-/m1/s1. The summed E-state index contributed by atoms with van der Waals surface area (Å²) in [5.74, 6) is -0.587. The van der Waals surface area contributed by atoms with Crippen LogP contribution in [-0.2, 0) is 14.3 Å². The number of nitrogens with one attached hydrogen (secondary N) is 1. The number of esters is 1. The predicted molar refractivity (Wildman–Crippen MR) is 87.1 cm³/mol. The van der Waals surface area contributed by atoms with E-state index in [1.807, 2.05) is 20.8 Å². The first-order valence-electron chi connectivity index (χ1n) is 8.61. The van der Waals surface area contributed by atoms with Gasteiger partial charge in [-0.05, 0) is 40.0 Å². The van der Waals surface area contributed by atoms with Crippen LogP contribution in [0, 0.1) is 5.92 Å². The zero-order chi connectivity index (χ0) is 17.0. The van der Waals surface area contributed by atoms with E-state index in [2.05, 4.69) is 10.2 Å².